The van der Waals surface area contributed by atoms with Crippen LogP contribution in [0.2, 0.25) is 0 Å². The number of aromatic nitrogens is 2. The Bertz CT molecular complexity index is 329. The van der Waals surface area contributed by atoms with Crippen LogP contribution in [0.5, 0.6) is 0 Å². The molecule has 0 aliphatic heterocycles. The molecule has 0 radical (unpaired) electrons. The van der Waals surface area contributed by atoms with Crippen molar-refractivity contribution in [2.24, 2.45) is 24.2 Å². The summed E-state index contributed by atoms with van der Waals surface area (Å²) >= 11 is 0. The highest BCUT2D eigenvalue weighted by atomic mass is 15.3. The van der Waals surface area contributed by atoms with E-state index in [4.69, 9.17) is 5.84 Å². The van der Waals surface area contributed by atoms with Crippen LogP contribution >= 0.6 is 0 Å². The van der Waals surface area contributed by atoms with Crippen molar-refractivity contribution in [3.63, 3.8) is 0 Å². The van der Waals surface area contributed by atoms with Gasteiger partial charge in [0.2, 0.25) is 0 Å². The molecule has 0 aromatic carbocycles. The van der Waals surface area contributed by atoms with E-state index >= 15 is 0 Å². The van der Waals surface area contributed by atoms with Crippen molar-refractivity contribution in [2.45, 2.75) is 26.3 Å². The Hall–Kier alpha value is -0.870. The van der Waals surface area contributed by atoms with E-state index in [0.29, 0.717) is 11.3 Å². The molecule has 4 heteroatoms. The van der Waals surface area contributed by atoms with Gasteiger partial charge in [0.05, 0.1) is 6.04 Å². The Morgan fingerprint density at radius 3 is 2.71 bits per heavy atom. The SMILES string of the molecule is Cn1ccnc1C(NN)C1CC1(C)C. The smallest absolute Gasteiger partial charge is 0.127 e. The second-order valence-electron chi connectivity index (χ2n) is 4.84. The van der Waals surface area contributed by atoms with E-state index in [1.165, 1.54) is 6.42 Å². The topological polar surface area (TPSA) is 55.9 Å². The van der Waals surface area contributed by atoms with E-state index in [-0.39, 0.29) is 6.04 Å². The maximum Gasteiger partial charge on any atom is 0.127 e. The molecule has 2 rings (SSSR count). The molecule has 14 heavy (non-hydrogen) atoms. The summed E-state index contributed by atoms with van der Waals surface area (Å²) in [5.74, 6) is 7.23. The van der Waals surface area contributed by atoms with Gasteiger partial charge in [-0.1, -0.05) is 13.8 Å². The largest absolute Gasteiger partial charge is 0.337 e. The highest BCUT2D eigenvalue weighted by molar-refractivity contribution is 5.10. The average Bonchev–Trinajstić information content (AvgIpc) is 2.55. The Morgan fingerprint density at radius 2 is 2.36 bits per heavy atom. The average molecular weight is 194 g/mol. The number of nitrogens with two attached hydrogens (primary N) is 1. The fraction of sp³-hybridized carbons (Fsp3) is 0.700. The molecule has 2 unspecified atom stereocenters. The Morgan fingerprint density at radius 1 is 1.71 bits per heavy atom. The molecule has 3 N–H and O–H groups in total. The molecule has 0 spiro atoms. The fourth-order valence-electron chi connectivity index (χ4n) is 2.12. The highest BCUT2D eigenvalue weighted by Crippen LogP contribution is 2.57. The molecule has 0 saturated heterocycles. The van der Waals surface area contributed by atoms with Crippen LogP contribution in [0.25, 0.3) is 0 Å². The predicted octanol–water partition coefficient (Wildman–Crippen LogP) is 0.971. The van der Waals surface area contributed by atoms with Gasteiger partial charge < -0.3 is 4.57 Å². The van der Waals surface area contributed by atoms with Gasteiger partial charge in [-0.25, -0.2) is 10.4 Å². The van der Waals surface area contributed by atoms with Crippen LogP contribution in [0.3, 0.4) is 0 Å². The Balaban J connectivity index is 2.20. The van der Waals surface area contributed by atoms with E-state index in [0.717, 1.165) is 5.82 Å². The monoisotopic (exact) mass is 194 g/mol. The first kappa shape index (κ1) is 9.68. The van der Waals surface area contributed by atoms with Gasteiger partial charge >= 0.3 is 0 Å². The van der Waals surface area contributed by atoms with Crippen LogP contribution in [0.1, 0.15) is 32.1 Å². The van der Waals surface area contributed by atoms with Gasteiger partial charge in [-0.05, 0) is 17.8 Å². The molecule has 4 nitrogen and oxygen atoms in total. The van der Waals surface area contributed by atoms with E-state index in [9.17, 15) is 0 Å². The van der Waals surface area contributed by atoms with Gasteiger partial charge in [0.15, 0.2) is 0 Å². The minimum atomic E-state index is 0.185. The second-order valence-corrected chi connectivity index (χ2v) is 4.84. The third-order valence-corrected chi connectivity index (χ3v) is 3.31. The van der Waals surface area contributed by atoms with Crippen molar-refractivity contribution in [3.05, 3.63) is 18.2 Å². The third kappa shape index (κ3) is 1.44. The van der Waals surface area contributed by atoms with Crippen LogP contribution in [0, 0.1) is 11.3 Å². The summed E-state index contributed by atoms with van der Waals surface area (Å²) in [7, 11) is 2.00. The quantitative estimate of drug-likeness (QED) is 0.557. The van der Waals surface area contributed by atoms with E-state index in [2.05, 4.69) is 24.3 Å². The Labute approximate surface area is 84.5 Å². The van der Waals surface area contributed by atoms with Crippen LogP contribution in [-0.4, -0.2) is 9.55 Å². The first-order valence-corrected chi connectivity index (χ1v) is 4.99. The molecule has 1 aromatic heterocycles. The minimum absolute atomic E-state index is 0.185. The van der Waals surface area contributed by atoms with Gasteiger partial charge in [-0.3, -0.25) is 5.84 Å². The summed E-state index contributed by atoms with van der Waals surface area (Å²) in [6, 6.07) is 0.185. The maximum absolute atomic E-state index is 5.59. The second kappa shape index (κ2) is 3.07. The molecule has 0 amide bonds. The van der Waals surface area contributed by atoms with Gasteiger partial charge in [0, 0.05) is 19.4 Å². The lowest BCUT2D eigenvalue weighted by atomic mass is 10.0. The summed E-state index contributed by atoms with van der Waals surface area (Å²) < 4.78 is 2.03. The van der Waals surface area contributed by atoms with Crippen molar-refractivity contribution in [2.75, 3.05) is 0 Å². The Kier molecular flexibility index (Phi) is 2.12. The van der Waals surface area contributed by atoms with E-state index < -0.39 is 0 Å². The molecule has 2 atom stereocenters. The van der Waals surface area contributed by atoms with Crippen LogP contribution in [0.4, 0.5) is 0 Å². The number of imidazole rings is 1. The van der Waals surface area contributed by atoms with Gasteiger partial charge in [0.1, 0.15) is 5.82 Å². The number of aryl methyl sites for hydroxylation is 1. The molecule has 1 fully saturated rings. The van der Waals surface area contributed by atoms with E-state index in [1.54, 1.807) is 0 Å². The summed E-state index contributed by atoms with van der Waals surface area (Å²) in [6.45, 7) is 4.54. The number of nitrogens with zero attached hydrogens (tertiary/aromatic N) is 2. The maximum atomic E-state index is 5.59. The van der Waals surface area contributed by atoms with Crippen molar-refractivity contribution in [1.82, 2.24) is 15.0 Å². The zero-order chi connectivity index (χ0) is 10.3. The molecule has 1 aromatic rings. The van der Waals surface area contributed by atoms with Gasteiger partial charge in [0.25, 0.3) is 0 Å². The number of nitrogens with one attached hydrogen (secondary N) is 1. The lowest BCUT2D eigenvalue weighted by Crippen LogP contribution is -2.32. The molecule has 1 heterocycles. The zero-order valence-electron chi connectivity index (χ0n) is 8.99. The van der Waals surface area contributed by atoms with E-state index in [1.807, 2.05) is 24.0 Å². The van der Waals surface area contributed by atoms with Crippen molar-refractivity contribution < 1.29 is 0 Å². The summed E-state index contributed by atoms with van der Waals surface area (Å²) in [6.07, 6.45) is 4.98. The summed E-state index contributed by atoms with van der Waals surface area (Å²) in [5.41, 5.74) is 3.29. The molecule has 0 bridgehead atoms. The van der Waals surface area contributed by atoms with Gasteiger partial charge in [-0.15, -0.1) is 0 Å². The molecular formula is C10H18N4. The molecule has 1 saturated carbocycles. The number of hydrogen-bond donors (Lipinski definition) is 2. The number of rotatable bonds is 3. The standard InChI is InChI=1S/C10H18N4/c1-10(2)6-7(10)8(13-11)9-12-4-5-14(9)3/h4-5,7-8,13H,6,11H2,1-3H3. The fourth-order valence-corrected chi connectivity index (χ4v) is 2.12. The van der Waals surface area contributed by atoms with Crippen LogP contribution in [0.15, 0.2) is 12.4 Å². The molecule has 1 aliphatic rings. The lowest BCUT2D eigenvalue weighted by molar-refractivity contribution is 0.399. The molecule has 1 aliphatic carbocycles. The minimum Gasteiger partial charge on any atom is -0.337 e. The van der Waals surface area contributed by atoms with Crippen molar-refractivity contribution in [1.29, 1.82) is 0 Å². The third-order valence-electron chi connectivity index (χ3n) is 3.31. The first-order valence-electron chi connectivity index (χ1n) is 4.99. The number of hydrazine groups is 1. The van der Waals surface area contributed by atoms with Crippen LogP contribution < -0.4 is 11.3 Å². The van der Waals surface area contributed by atoms with Crippen molar-refractivity contribution in [3.8, 4) is 0 Å². The number of hydrogen-bond acceptors (Lipinski definition) is 3. The van der Waals surface area contributed by atoms with Crippen molar-refractivity contribution >= 4 is 0 Å². The zero-order valence-corrected chi connectivity index (χ0v) is 8.99. The molecular weight excluding hydrogens is 176 g/mol. The normalized spacial score (nSPS) is 26.1. The summed E-state index contributed by atoms with van der Waals surface area (Å²) in [5, 5.41) is 0. The molecule has 78 valence electrons. The highest BCUT2D eigenvalue weighted by Gasteiger charge is 2.51. The predicted molar refractivity (Wildman–Crippen MR) is 55.2 cm³/mol. The van der Waals surface area contributed by atoms with Crippen LogP contribution in [-0.2, 0) is 7.05 Å². The summed E-state index contributed by atoms with van der Waals surface area (Å²) in [4.78, 5) is 4.33. The van der Waals surface area contributed by atoms with Gasteiger partial charge in [-0.2, -0.15) is 0 Å². The lowest BCUT2D eigenvalue weighted by Gasteiger charge is -2.17. The first-order chi connectivity index (χ1) is 6.56.